The molecule has 0 aromatic carbocycles. The normalized spacial score (nSPS) is 48.5. The fraction of sp³-hybridized carbons (Fsp3) is 0.958. The molecule has 0 amide bonds. The molecular formula is C24H41ClO. The highest BCUT2D eigenvalue weighted by atomic mass is 35.5. The van der Waals surface area contributed by atoms with Crippen molar-refractivity contribution in [2.24, 2.45) is 46.3 Å². The molecule has 4 rings (SSSR count). The zero-order chi connectivity index (χ0) is 17.7. The highest BCUT2D eigenvalue weighted by Crippen LogP contribution is 2.68. The maximum absolute atomic E-state index is 10.8. The molecule has 4 aliphatic rings. The molecule has 2 heteroatoms. The lowest BCUT2D eigenvalue weighted by Crippen LogP contribution is -2.53. The second-order valence-electron chi connectivity index (χ2n) is 10.9. The molecule has 0 aliphatic heterocycles. The van der Waals surface area contributed by atoms with E-state index in [-0.39, 0.29) is 12.4 Å². The largest absolute Gasteiger partial charge is 0.303 e. The van der Waals surface area contributed by atoms with E-state index in [4.69, 9.17) is 0 Å². The number of hydrogen-bond acceptors (Lipinski definition) is 1. The first-order valence-electron chi connectivity index (χ1n) is 11.4. The number of fused-ring (bicyclic) bond motifs is 5. The second-order valence-corrected chi connectivity index (χ2v) is 10.9. The van der Waals surface area contributed by atoms with Crippen LogP contribution in [0.3, 0.4) is 0 Å². The van der Waals surface area contributed by atoms with Crippen molar-refractivity contribution in [3.63, 3.8) is 0 Å². The fourth-order valence-corrected chi connectivity index (χ4v) is 8.80. The minimum Gasteiger partial charge on any atom is -0.303 e. The van der Waals surface area contributed by atoms with Crippen LogP contribution in [0.1, 0.15) is 97.8 Å². The topological polar surface area (TPSA) is 17.1 Å². The number of halogens is 1. The quantitative estimate of drug-likeness (QED) is 0.476. The first-order valence-corrected chi connectivity index (χ1v) is 11.4. The van der Waals surface area contributed by atoms with E-state index in [1.54, 1.807) is 0 Å². The van der Waals surface area contributed by atoms with Crippen molar-refractivity contribution in [1.29, 1.82) is 0 Å². The summed E-state index contributed by atoms with van der Waals surface area (Å²) in [6.45, 7) is 7.78. The summed E-state index contributed by atoms with van der Waals surface area (Å²) in [4.78, 5) is 10.8. The molecule has 26 heavy (non-hydrogen) atoms. The van der Waals surface area contributed by atoms with Gasteiger partial charge in [0.2, 0.25) is 0 Å². The molecule has 1 nitrogen and oxygen atoms in total. The van der Waals surface area contributed by atoms with Gasteiger partial charge in [-0.25, -0.2) is 0 Å². The monoisotopic (exact) mass is 380 g/mol. The summed E-state index contributed by atoms with van der Waals surface area (Å²) < 4.78 is 0. The van der Waals surface area contributed by atoms with Gasteiger partial charge in [0.1, 0.15) is 6.29 Å². The highest BCUT2D eigenvalue weighted by Gasteiger charge is 2.59. The van der Waals surface area contributed by atoms with Crippen molar-refractivity contribution >= 4 is 18.7 Å². The molecule has 0 N–H and O–H groups in total. The second kappa shape index (κ2) is 7.76. The van der Waals surface area contributed by atoms with E-state index in [1.165, 1.54) is 64.2 Å². The van der Waals surface area contributed by atoms with E-state index in [1.807, 2.05) is 0 Å². The van der Waals surface area contributed by atoms with Crippen LogP contribution in [-0.4, -0.2) is 6.29 Å². The Balaban J connectivity index is 0.00000196. The SMILES string of the molecule is C[C@H](CCC=O)[C@H]1CC[C@H]2[C@@H]3CCC4CCCC[C@]4(C)[C@H]3CC[C@]12C.Cl. The Bertz CT molecular complexity index is 504. The van der Waals surface area contributed by atoms with E-state index in [2.05, 4.69) is 20.8 Å². The zero-order valence-electron chi connectivity index (χ0n) is 17.3. The fourth-order valence-electron chi connectivity index (χ4n) is 8.80. The molecule has 0 bridgehead atoms. The lowest BCUT2D eigenvalue weighted by Gasteiger charge is -2.61. The third-order valence-corrected chi connectivity index (χ3v) is 10.1. The number of aldehydes is 1. The van der Waals surface area contributed by atoms with Gasteiger partial charge in [-0.15, -0.1) is 12.4 Å². The minimum absolute atomic E-state index is 0. The maximum atomic E-state index is 10.8. The maximum Gasteiger partial charge on any atom is 0.120 e. The van der Waals surface area contributed by atoms with Crippen LogP contribution in [-0.2, 0) is 4.79 Å². The van der Waals surface area contributed by atoms with Crippen LogP contribution in [0.25, 0.3) is 0 Å². The molecule has 1 unspecified atom stereocenters. The first-order chi connectivity index (χ1) is 12.0. The molecule has 0 radical (unpaired) electrons. The van der Waals surface area contributed by atoms with Gasteiger partial charge in [-0.05, 0) is 104 Å². The Morgan fingerprint density at radius 3 is 2.46 bits per heavy atom. The van der Waals surface area contributed by atoms with Crippen LogP contribution in [0.2, 0.25) is 0 Å². The summed E-state index contributed by atoms with van der Waals surface area (Å²) in [6, 6.07) is 0. The third kappa shape index (κ3) is 3.09. The molecule has 0 aromatic rings. The third-order valence-electron chi connectivity index (χ3n) is 10.1. The van der Waals surface area contributed by atoms with Crippen LogP contribution < -0.4 is 0 Å². The molecular weight excluding hydrogens is 340 g/mol. The molecule has 0 spiro atoms. The lowest BCUT2D eigenvalue weighted by molar-refractivity contribution is -0.115. The summed E-state index contributed by atoms with van der Waals surface area (Å²) in [5.74, 6) is 5.66. The van der Waals surface area contributed by atoms with Crippen LogP contribution >= 0.6 is 12.4 Å². The van der Waals surface area contributed by atoms with E-state index < -0.39 is 0 Å². The van der Waals surface area contributed by atoms with Gasteiger partial charge in [0, 0.05) is 6.42 Å². The Kier molecular flexibility index (Phi) is 6.18. The van der Waals surface area contributed by atoms with Crippen molar-refractivity contribution in [2.45, 2.75) is 97.8 Å². The van der Waals surface area contributed by atoms with E-state index in [0.717, 1.165) is 54.6 Å². The van der Waals surface area contributed by atoms with Gasteiger partial charge >= 0.3 is 0 Å². The lowest BCUT2D eigenvalue weighted by atomic mass is 9.44. The van der Waals surface area contributed by atoms with Crippen LogP contribution in [0.4, 0.5) is 0 Å². The molecule has 4 fully saturated rings. The average Bonchev–Trinajstić information content (AvgIpc) is 2.96. The summed E-state index contributed by atoms with van der Waals surface area (Å²) in [7, 11) is 0. The molecule has 4 saturated carbocycles. The predicted molar refractivity (Wildman–Crippen MR) is 112 cm³/mol. The van der Waals surface area contributed by atoms with Crippen LogP contribution in [0, 0.1) is 46.3 Å². The Morgan fingerprint density at radius 1 is 0.923 bits per heavy atom. The van der Waals surface area contributed by atoms with Gasteiger partial charge in [-0.1, -0.05) is 33.6 Å². The van der Waals surface area contributed by atoms with Crippen molar-refractivity contribution in [2.75, 3.05) is 0 Å². The number of rotatable bonds is 4. The first kappa shape index (κ1) is 20.7. The molecule has 4 aliphatic carbocycles. The van der Waals surface area contributed by atoms with Gasteiger partial charge < -0.3 is 4.79 Å². The van der Waals surface area contributed by atoms with Gasteiger partial charge in [0.15, 0.2) is 0 Å². The van der Waals surface area contributed by atoms with Gasteiger partial charge in [-0.2, -0.15) is 0 Å². The Hall–Kier alpha value is -0.0400. The molecule has 8 atom stereocenters. The van der Waals surface area contributed by atoms with Crippen LogP contribution in [0.5, 0.6) is 0 Å². The van der Waals surface area contributed by atoms with E-state index in [9.17, 15) is 4.79 Å². The van der Waals surface area contributed by atoms with Gasteiger partial charge in [0.25, 0.3) is 0 Å². The van der Waals surface area contributed by atoms with Crippen molar-refractivity contribution in [3.05, 3.63) is 0 Å². The van der Waals surface area contributed by atoms with E-state index in [0.29, 0.717) is 10.8 Å². The van der Waals surface area contributed by atoms with Crippen molar-refractivity contribution in [1.82, 2.24) is 0 Å². The van der Waals surface area contributed by atoms with Gasteiger partial charge in [-0.3, -0.25) is 0 Å². The Labute approximate surface area is 167 Å². The number of carbonyl (C=O) groups is 1. The molecule has 0 aromatic heterocycles. The molecule has 150 valence electrons. The number of hydrogen-bond donors (Lipinski definition) is 0. The molecule has 0 heterocycles. The summed E-state index contributed by atoms with van der Waals surface area (Å²) in [5.41, 5.74) is 1.24. The summed E-state index contributed by atoms with van der Waals surface area (Å²) in [6.07, 6.45) is 18.0. The molecule has 0 saturated heterocycles. The smallest absolute Gasteiger partial charge is 0.120 e. The van der Waals surface area contributed by atoms with Crippen LogP contribution in [0.15, 0.2) is 0 Å². The number of carbonyl (C=O) groups excluding carboxylic acids is 1. The average molecular weight is 381 g/mol. The van der Waals surface area contributed by atoms with Crippen molar-refractivity contribution in [3.8, 4) is 0 Å². The summed E-state index contributed by atoms with van der Waals surface area (Å²) >= 11 is 0. The minimum atomic E-state index is 0. The standard InChI is InChI=1S/C24H40O.ClH/c1-17(7-6-16-25)20-11-12-21-19-10-9-18-8-4-5-14-23(18,2)22(19)13-15-24(20,21)3;/h16-22H,4-15H2,1-3H3;1H/t17-,18?,19+,20-,21+,22+,23+,24-;/m1./s1. The predicted octanol–water partition coefficient (Wildman–Crippen LogP) is 7.07. The van der Waals surface area contributed by atoms with Crippen molar-refractivity contribution < 1.29 is 4.79 Å². The van der Waals surface area contributed by atoms with E-state index >= 15 is 0 Å². The Morgan fingerprint density at radius 2 is 1.69 bits per heavy atom. The highest BCUT2D eigenvalue weighted by molar-refractivity contribution is 5.85. The zero-order valence-corrected chi connectivity index (χ0v) is 18.2. The summed E-state index contributed by atoms with van der Waals surface area (Å²) in [5, 5.41) is 0. The van der Waals surface area contributed by atoms with Gasteiger partial charge in [0.05, 0.1) is 0 Å².